The lowest BCUT2D eigenvalue weighted by molar-refractivity contribution is -0.113. The Hall–Kier alpha value is -2.19. The molecule has 0 bridgehead atoms. The number of nitrogens with zero attached hydrogens (tertiary/aromatic N) is 3. The number of carbonyl (C=O) groups is 1. The molecular formula is C18H18N4O2S2. The molecule has 1 aliphatic carbocycles. The van der Waals surface area contributed by atoms with Gasteiger partial charge in [-0.15, -0.1) is 21.5 Å². The van der Waals surface area contributed by atoms with E-state index in [-0.39, 0.29) is 11.7 Å². The summed E-state index contributed by atoms with van der Waals surface area (Å²) in [6.07, 6.45) is 3.23. The Balaban J connectivity index is 1.33. The molecule has 1 atom stereocenters. The van der Waals surface area contributed by atoms with Gasteiger partial charge in [-0.2, -0.15) is 0 Å². The van der Waals surface area contributed by atoms with Crippen LogP contribution in [0.5, 0.6) is 0 Å². The number of thiazole rings is 1. The van der Waals surface area contributed by atoms with Crippen molar-refractivity contribution in [1.29, 1.82) is 0 Å². The molecule has 0 saturated carbocycles. The van der Waals surface area contributed by atoms with Crippen LogP contribution >= 0.6 is 23.1 Å². The minimum atomic E-state index is -0.117. The number of benzene rings is 1. The summed E-state index contributed by atoms with van der Waals surface area (Å²) < 4.78 is 5.60. The van der Waals surface area contributed by atoms with E-state index in [0.717, 1.165) is 24.1 Å². The van der Waals surface area contributed by atoms with Crippen molar-refractivity contribution in [3.05, 3.63) is 40.9 Å². The molecule has 0 unspecified atom stereocenters. The van der Waals surface area contributed by atoms with Crippen LogP contribution in [0.1, 0.15) is 23.9 Å². The molecule has 26 heavy (non-hydrogen) atoms. The molecule has 1 aliphatic rings. The second kappa shape index (κ2) is 7.59. The van der Waals surface area contributed by atoms with Crippen LogP contribution in [0.25, 0.3) is 11.5 Å². The first-order valence-electron chi connectivity index (χ1n) is 8.47. The summed E-state index contributed by atoms with van der Waals surface area (Å²) in [5, 5.41) is 12.0. The minimum Gasteiger partial charge on any atom is -0.411 e. The van der Waals surface area contributed by atoms with Gasteiger partial charge in [0.1, 0.15) is 0 Å². The zero-order valence-electron chi connectivity index (χ0n) is 14.3. The van der Waals surface area contributed by atoms with E-state index in [2.05, 4.69) is 27.4 Å². The van der Waals surface area contributed by atoms with E-state index in [9.17, 15) is 4.79 Å². The molecule has 134 valence electrons. The number of hydrogen-bond donors (Lipinski definition) is 1. The molecule has 0 aliphatic heterocycles. The van der Waals surface area contributed by atoms with Crippen LogP contribution in [-0.2, 0) is 17.6 Å². The molecule has 2 heterocycles. The highest BCUT2D eigenvalue weighted by Crippen LogP contribution is 2.32. The van der Waals surface area contributed by atoms with Gasteiger partial charge in [0.25, 0.3) is 5.22 Å². The highest BCUT2D eigenvalue weighted by molar-refractivity contribution is 7.99. The lowest BCUT2D eigenvalue weighted by Gasteiger charge is -2.15. The van der Waals surface area contributed by atoms with Gasteiger partial charge in [0.15, 0.2) is 5.13 Å². The van der Waals surface area contributed by atoms with Crippen molar-refractivity contribution in [3.63, 3.8) is 0 Å². The van der Waals surface area contributed by atoms with Crippen molar-refractivity contribution in [3.8, 4) is 11.5 Å². The molecular weight excluding hydrogens is 368 g/mol. The number of thioether (sulfide) groups is 1. The summed E-state index contributed by atoms with van der Waals surface area (Å²) in [4.78, 5) is 18.0. The molecule has 0 spiro atoms. The van der Waals surface area contributed by atoms with Gasteiger partial charge in [-0.05, 0) is 37.3 Å². The highest BCUT2D eigenvalue weighted by atomic mass is 32.2. The third-order valence-corrected chi connectivity index (χ3v) is 6.04. The minimum absolute atomic E-state index is 0.117. The van der Waals surface area contributed by atoms with Gasteiger partial charge < -0.3 is 9.73 Å². The summed E-state index contributed by atoms with van der Waals surface area (Å²) >= 11 is 2.81. The SMILES string of the molecule is C[C@H]1CCc2nc(NC(=O)CSc3nnc(-c4ccccc4)o3)sc2C1. The second-order valence-electron chi connectivity index (χ2n) is 6.31. The fourth-order valence-electron chi connectivity index (χ4n) is 2.84. The average Bonchev–Trinajstić information content (AvgIpc) is 3.27. The Bertz CT molecular complexity index is 907. The number of hydrogen-bond acceptors (Lipinski definition) is 7. The van der Waals surface area contributed by atoms with Crippen LogP contribution in [0, 0.1) is 5.92 Å². The van der Waals surface area contributed by atoms with Crippen molar-refractivity contribution in [2.75, 3.05) is 11.1 Å². The van der Waals surface area contributed by atoms with Gasteiger partial charge in [-0.25, -0.2) is 4.98 Å². The third-order valence-electron chi connectivity index (χ3n) is 4.19. The first-order chi connectivity index (χ1) is 12.7. The molecule has 3 aromatic rings. The van der Waals surface area contributed by atoms with E-state index in [1.165, 1.54) is 23.1 Å². The number of aromatic nitrogens is 3. The average molecular weight is 387 g/mol. The molecule has 1 N–H and O–H groups in total. The summed E-state index contributed by atoms with van der Waals surface area (Å²) in [7, 11) is 0. The van der Waals surface area contributed by atoms with Crippen LogP contribution in [0.4, 0.5) is 5.13 Å². The Morgan fingerprint density at radius 1 is 1.35 bits per heavy atom. The summed E-state index contributed by atoms with van der Waals surface area (Å²) in [5.41, 5.74) is 2.00. The van der Waals surface area contributed by atoms with Gasteiger partial charge in [-0.3, -0.25) is 4.79 Å². The lowest BCUT2D eigenvalue weighted by Crippen LogP contribution is -2.14. The van der Waals surface area contributed by atoms with Crippen molar-refractivity contribution < 1.29 is 9.21 Å². The number of nitrogens with one attached hydrogen (secondary N) is 1. The van der Waals surface area contributed by atoms with E-state index in [1.807, 2.05) is 30.3 Å². The Morgan fingerprint density at radius 2 is 2.19 bits per heavy atom. The first-order valence-corrected chi connectivity index (χ1v) is 10.3. The normalized spacial score (nSPS) is 16.3. The molecule has 1 amide bonds. The van der Waals surface area contributed by atoms with Crippen molar-refractivity contribution in [2.24, 2.45) is 5.92 Å². The molecule has 0 saturated heterocycles. The van der Waals surface area contributed by atoms with E-state index in [4.69, 9.17) is 4.42 Å². The van der Waals surface area contributed by atoms with Crippen LogP contribution in [0.15, 0.2) is 40.0 Å². The lowest BCUT2D eigenvalue weighted by atomic mass is 9.93. The van der Waals surface area contributed by atoms with Gasteiger partial charge in [0.2, 0.25) is 11.8 Å². The van der Waals surface area contributed by atoms with Crippen molar-refractivity contribution in [2.45, 2.75) is 31.4 Å². The van der Waals surface area contributed by atoms with Crippen LogP contribution in [0.2, 0.25) is 0 Å². The maximum atomic E-state index is 12.2. The first kappa shape index (κ1) is 17.2. The number of carbonyl (C=O) groups excluding carboxylic acids is 1. The molecule has 1 aromatic carbocycles. The van der Waals surface area contributed by atoms with E-state index in [0.29, 0.717) is 22.2 Å². The van der Waals surface area contributed by atoms with Crippen LogP contribution in [0.3, 0.4) is 0 Å². The third kappa shape index (κ3) is 3.96. The number of aryl methyl sites for hydroxylation is 1. The molecule has 6 nitrogen and oxygen atoms in total. The van der Waals surface area contributed by atoms with E-state index >= 15 is 0 Å². The summed E-state index contributed by atoms with van der Waals surface area (Å²) in [6, 6.07) is 9.55. The van der Waals surface area contributed by atoms with Crippen molar-refractivity contribution in [1.82, 2.24) is 15.2 Å². The predicted octanol–water partition coefficient (Wildman–Crippen LogP) is 4.05. The van der Waals surface area contributed by atoms with Crippen LogP contribution < -0.4 is 5.32 Å². The fourth-order valence-corrected chi connectivity index (χ4v) is 4.59. The molecule has 2 aromatic heterocycles. The summed E-state index contributed by atoms with van der Waals surface area (Å²) in [5.74, 6) is 1.24. The van der Waals surface area contributed by atoms with E-state index in [1.54, 1.807) is 11.3 Å². The molecule has 4 rings (SSSR count). The Morgan fingerprint density at radius 3 is 3.04 bits per heavy atom. The summed E-state index contributed by atoms with van der Waals surface area (Å²) in [6.45, 7) is 2.26. The zero-order valence-corrected chi connectivity index (χ0v) is 15.9. The number of fused-ring (bicyclic) bond motifs is 1. The molecule has 0 fully saturated rings. The van der Waals surface area contributed by atoms with Gasteiger partial charge in [-0.1, -0.05) is 36.9 Å². The maximum absolute atomic E-state index is 12.2. The van der Waals surface area contributed by atoms with E-state index < -0.39 is 0 Å². The van der Waals surface area contributed by atoms with Gasteiger partial charge >= 0.3 is 0 Å². The van der Waals surface area contributed by atoms with Crippen LogP contribution in [-0.4, -0.2) is 26.8 Å². The highest BCUT2D eigenvalue weighted by Gasteiger charge is 2.20. The quantitative estimate of drug-likeness (QED) is 0.666. The van der Waals surface area contributed by atoms with Gasteiger partial charge in [0.05, 0.1) is 11.4 Å². The molecule has 8 heteroatoms. The zero-order chi connectivity index (χ0) is 17.9. The Kier molecular flexibility index (Phi) is 5.03. The predicted molar refractivity (Wildman–Crippen MR) is 102 cm³/mol. The number of amides is 1. The second-order valence-corrected chi connectivity index (χ2v) is 8.32. The standard InChI is InChI=1S/C18H18N4O2S2/c1-11-7-8-13-14(9-11)26-17(19-13)20-15(23)10-25-18-22-21-16(24-18)12-5-3-2-4-6-12/h2-6,11H,7-10H2,1H3,(H,19,20,23)/t11-/m0/s1. The van der Waals surface area contributed by atoms with Crippen molar-refractivity contribution >= 4 is 34.1 Å². The maximum Gasteiger partial charge on any atom is 0.277 e. The fraction of sp³-hybridized carbons (Fsp3) is 0.333. The number of anilines is 1. The topological polar surface area (TPSA) is 80.9 Å². The van der Waals surface area contributed by atoms with Gasteiger partial charge in [0, 0.05) is 10.4 Å². The largest absolute Gasteiger partial charge is 0.411 e. The monoisotopic (exact) mass is 386 g/mol. The smallest absolute Gasteiger partial charge is 0.277 e. The number of rotatable bonds is 5. The Labute approximate surface area is 159 Å². The molecule has 0 radical (unpaired) electrons.